The molecule has 1 fully saturated rings. The fraction of sp³-hybridized carbons (Fsp3) is 0.636. The molecule has 1 unspecified atom stereocenters. The molecule has 16 heavy (non-hydrogen) atoms. The largest absolute Gasteiger partial charge is 0.383 e. The molecule has 1 aromatic rings. The number of anilines is 1. The number of rotatable bonds is 1. The second-order valence-corrected chi connectivity index (χ2v) is 5.52. The third-order valence-corrected chi connectivity index (χ3v) is 4.27. The van der Waals surface area contributed by atoms with Crippen molar-refractivity contribution in [2.24, 2.45) is 0 Å². The first-order valence-electron chi connectivity index (χ1n) is 5.56. The van der Waals surface area contributed by atoms with Crippen LogP contribution in [0.1, 0.15) is 36.8 Å². The van der Waals surface area contributed by atoms with Gasteiger partial charge in [0.25, 0.3) is 0 Å². The highest BCUT2D eigenvalue weighted by Crippen LogP contribution is 2.37. The summed E-state index contributed by atoms with van der Waals surface area (Å²) in [7, 11) is 0. The molecule has 4 nitrogen and oxygen atoms in total. The molecule has 3 rings (SSSR count). The highest BCUT2D eigenvalue weighted by atomic mass is 32.2. The van der Waals surface area contributed by atoms with Crippen LogP contribution in [0.4, 0.5) is 5.82 Å². The number of nitrogens with two attached hydrogens (primary N) is 1. The fourth-order valence-corrected chi connectivity index (χ4v) is 3.32. The summed E-state index contributed by atoms with van der Waals surface area (Å²) < 4.78 is 5.75. The van der Waals surface area contributed by atoms with E-state index in [1.165, 1.54) is 0 Å². The summed E-state index contributed by atoms with van der Waals surface area (Å²) in [5, 5.41) is 0. The Kier molecular flexibility index (Phi) is 2.33. The number of ether oxygens (including phenoxy) is 1. The molecular formula is C11H15N3OS. The van der Waals surface area contributed by atoms with Gasteiger partial charge in [-0.1, -0.05) is 0 Å². The van der Waals surface area contributed by atoms with E-state index < -0.39 is 0 Å². The zero-order valence-electron chi connectivity index (χ0n) is 9.32. The minimum absolute atomic E-state index is 0.323. The van der Waals surface area contributed by atoms with E-state index in [4.69, 9.17) is 10.5 Å². The summed E-state index contributed by atoms with van der Waals surface area (Å²) in [6.45, 7) is 2.86. The molecule has 1 aromatic heterocycles. The standard InChI is InChI=1S/C11H15N3OS/c1-11(3-2-4-15-11)10-13-8-6-16-5-7(8)9(12)14-10/h2-6H2,1H3,(H2,12,13,14). The average Bonchev–Trinajstić information content (AvgIpc) is 2.86. The Balaban J connectivity index is 2.05. The van der Waals surface area contributed by atoms with Gasteiger partial charge in [-0.2, -0.15) is 11.8 Å². The van der Waals surface area contributed by atoms with Gasteiger partial charge in [0.2, 0.25) is 0 Å². The number of fused-ring (bicyclic) bond motifs is 1. The maximum absolute atomic E-state index is 5.98. The second-order valence-electron chi connectivity index (χ2n) is 4.53. The minimum atomic E-state index is -0.323. The molecule has 5 heteroatoms. The maximum Gasteiger partial charge on any atom is 0.162 e. The topological polar surface area (TPSA) is 61.0 Å². The zero-order chi connectivity index (χ0) is 11.2. The van der Waals surface area contributed by atoms with E-state index in [-0.39, 0.29) is 5.60 Å². The molecule has 2 N–H and O–H groups in total. The maximum atomic E-state index is 5.98. The molecular weight excluding hydrogens is 222 g/mol. The Morgan fingerprint density at radius 3 is 3.00 bits per heavy atom. The number of nitrogen functional groups attached to an aromatic ring is 1. The van der Waals surface area contributed by atoms with Gasteiger partial charge < -0.3 is 10.5 Å². The molecule has 0 aromatic carbocycles. The fourth-order valence-electron chi connectivity index (χ4n) is 2.27. The molecule has 0 radical (unpaired) electrons. The second kappa shape index (κ2) is 3.60. The van der Waals surface area contributed by atoms with Gasteiger partial charge in [-0.15, -0.1) is 0 Å². The molecule has 3 heterocycles. The van der Waals surface area contributed by atoms with Gasteiger partial charge in [-0.05, 0) is 19.8 Å². The van der Waals surface area contributed by atoms with Crippen LogP contribution in [0.5, 0.6) is 0 Å². The monoisotopic (exact) mass is 237 g/mol. The van der Waals surface area contributed by atoms with E-state index in [9.17, 15) is 0 Å². The Morgan fingerprint density at radius 2 is 2.25 bits per heavy atom. The van der Waals surface area contributed by atoms with E-state index in [1.807, 2.05) is 11.8 Å². The van der Waals surface area contributed by atoms with Gasteiger partial charge in [0.1, 0.15) is 11.4 Å². The number of hydrogen-bond donors (Lipinski definition) is 1. The van der Waals surface area contributed by atoms with Crippen LogP contribution < -0.4 is 5.73 Å². The predicted molar refractivity (Wildman–Crippen MR) is 64.0 cm³/mol. The van der Waals surface area contributed by atoms with Crippen LogP contribution in [0.2, 0.25) is 0 Å². The van der Waals surface area contributed by atoms with Gasteiger partial charge in [0.05, 0.1) is 5.69 Å². The van der Waals surface area contributed by atoms with E-state index >= 15 is 0 Å². The molecule has 86 valence electrons. The predicted octanol–water partition coefficient (Wildman–Crippen LogP) is 1.83. The number of nitrogens with zero attached hydrogens (tertiary/aromatic N) is 2. The van der Waals surface area contributed by atoms with E-state index in [2.05, 4.69) is 16.9 Å². The van der Waals surface area contributed by atoms with E-state index in [1.54, 1.807) is 0 Å². The lowest BCUT2D eigenvalue weighted by molar-refractivity contribution is 0.00930. The van der Waals surface area contributed by atoms with Crippen LogP contribution in [0.3, 0.4) is 0 Å². The highest BCUT2D eigenvalue weighted by Gasteiger charge is 2.36. The molecule has 0 bridgehead atoms. The number of hydrogen-bond acceptors (Lipinski definition) is 5. The molecule has 0 aliphatic carbocycles. The normalized spacial score (nSPS) is 28.3. The molecule has 0 amide bonds. The first kappa shape index (κ1) is 10.4. The lowest BCUT2D eigenvalue weighted by Gasteiger charge is -2.22. The molecule has 1 atom stereocenters. The van der Waals surface area contributed by atoms with Crippen LogP contribution in [0.25, 0.3) is 0 Å². The van der Waals surface area contributed by atoms with E-state index in [0.29, 0.717) is 5.82 Å². The van der Waals surface area contributed by atoms with Gasteiger partial charge in [-0.25, -0.2) is 9.97 Å². The van der Waals surface area contributed by atoms with Crippen molar-refractivity contribution >= 4 is 17.6 Å². The van der Waals surface area contributed by atoms with Gasteiger partial charge in [0.15, 0.2) is 5.82 Å². The van der Waals surface area contributed by atoms with E-state index in [0.717, 1.165) is 48.0 Å². The number of thioether (sulfide) groups is 1. The summed E-state index contributed by atoms with van der Waals surface area (Å²) in [6, 6.07) is 0. The molecule has 2 aliphatic rings. The smallest absolute Gasteiger partial charge is 0.162 e. The summed E-state index contributed by atoms with van der Waals surface area (Å²) in [5.41, 5.74) is 7.88. The lowest BCUT2D eigenvalue weighted by Crippen LogP contribution is -2.25. The summed E-state index contributed by atoms with van der Waals surface area (Å²) >= 11 is 1.84. The van der Waals surface area contributed by atoms with Gasteiger partial charge in [0, 0.05) is 23.7 Å². The van der Waals surface area contributed by atoms with Crippen molar-refractivity contribution in [3.05, 3.63) is 17.1 Å². The Bertz CT molecular complexity index is 429. The Labute approximate surface area is 99.0 Å². The first-order valence-corrected chi connectivity index (χ1v) is 6.72. The summed E-state index contributed by atoms with van der Waals surface area (Å²) in [6.07, 6.45) is 2.06. The van der Waals surface area contributed by atoms with Crippen molar-refractivity contribution in [1.29, 1.82) is 0 Å². The number of aromatic nitrogens is 2. The Hall–Kier alpha value is -0.810. The van der Waals surface area contributed by atoms with Crippen molar-refractivity contribution in [1.82, 2.24) is 9.97 Å². The highest BCUT2D eigenvalue weighted by molar-refractivity contribution is 7.98. The quantitative estimate of drug-likeness (QED) is 0.807. The molecule has 0 saturated carbocycles. The zero-order valence-corrected chi connectivity index (χ0v) is 10.1. The van der Waals surface area contributed by atoms with Crippen molar-refractivity contribution in [2.75, 3.05) is 12.3 Å². The third-order valence-electron chi connectivity index (χ3n) is 3.30. The summed E-state index contributed by atoms with van der Waals surface area (Å²) in [5.74, 6) is 3.30. The lowest BCUT2D eigenvalue weighted by atomic mass is 10.0. The van der Waals surface area contributed by atoms with Crippen molar-refractivity contribution in [2.45, 2.75) is 36.9 Å². The van der Waals surface area contributed by atoms with Crippen molar-refractivity contribution in [3.63, 3.8) is 0 Å². The van der Waals surface area contributed by atoms with Crippen LogP contribution >= 0.6 is 11.8 Å². The van der Waals surface area contributed by atoms with Crippen LogP contribution in [-0.4, -0.2) is 16.6 Å². The molecule has 0 spiro atoms. The molecule has 1 saturated heterocycles. The first-order chi connectivity index (χ1) is 7.69. The van der Waals surface area contributed by atoms with Crippen molar-refractivity contribution < 1.29 is 4.74 Å². The van der Waals surface area contributed by atoms with Crippen LogP contribution in [-0.2, 0) is 21.8 Å². The molecule has 2 aliphatic heterocycles. The van der Waals surface area contributed by atoms with Crippen LogP contribution in [0, 0.1) is 0 Å². The van der Waals surface area contributed by atoms with Crippen LogP contribution in [0.15, 0.2) is 0 Å². The van der Waals surface area contributed by atoms with Gasteiger partial charge >= 0.3 is 0 Å². The summed E-state index contributed by atoms with van der Waals surface area (Å²) in [4.78, 5) is 9.06. The van der Waals surface area contributed by atoms with Crippen molar-refractivity contribution in [3.8, 4) is 0 Å². The minimum Gasteiger partial charge on any atom is -0.383 e. The third kappa shape index (κ3) is 1.50. The van der Waals surface area contributed by atoms with Gasteiger partial charge in [-0.3, -0.25) is 0 Å². The Morgan fingerprint density at radius 1 is 1.38 bits per heavy atom. The average molecular weight is 237 g/mol. The SMILES string of the molecule is CC1(c2nc(N)c3c(n2)CSC3)CCCO1.